The average molecular weight is 330 g/mol. The standard InChI is InChI=1S/C18H30N6/c1-12-10-24(11-17(12)21)18-14(15(19)3-4-16(18)20)9-22-13-5-7-23(2)8-6-13/h3-4,9,12-13,17H,5-8,10-11,19-21H2,1-2H3/t12-,17?/m1/s1. The molecule has 0 aliphatic carbocycles. The highest BCUT2D eigenvalue weighted by Gasteiger charge is 2.29. The van der Waals surface area contributed by atoms with Crippen LogP contribution in [0, 0.1) is 5.92 Å². The molecule has 6 N–H and O–H groups in total. The van der Waals surface area contributed by atoms with E-state index in [-0.39, 0.29) is 6.04 Å². The van der Waals surface area contributed by atoms with Crippen LogP contribution in [0.25, 0.3) is 0 Å². The smallest absolute Gasteiger partial charge is 0.0710 e. The average Bonchev–Trinajstić information content (AvgIpc) is 2.88. The summed E-state index contributed by atoms with van der Waals surface area (Å²) in [5.74, 6) is 0.449. The lowest BCUT2D eigenvalue weighted by Crippen LogP contribution is -2.32. The summed E-state index contributed by atoms with van der Waals surface area (Å²) in [5, 5.41) is 0. The fourth-order valence-electron chi connectivity index (χ4n) is 3.63. The molecule has 132 valence electrons. The van der Waals surface area contributed by atoms with Crippen LogP contribution in [0.2, 0.25) is 0 Å². The molecule has 0 amide bonds. The van der Waals surface area contributed by atoms with Gasteiger partial charge in [0.15, 0.2) is 0 Å². The van der Waals surface area contributed by atoms with Gasteiger partial charge in [0.25, 0.3) is 0 Å². The van der Waals surface area contributed by atoms with Crippen molar-refractivity contribution in [2.24, 2.45) is 16.6 Å². The van der Waals surface area contributed by atoms with Crippen LogP contribution in [0.5, 0.6) is 0 Å². The Morgan fingerprint density at radius 3 is 2.42 bits per heavy atom. The fraction of sp³-hybridized carbons (Fsp3) is 0.611. The number of anilines is 3. The Morgan fingerprint density at radius 2 is 1.79 bits per heavy atom. The van der Waals surface area contributed by atoms with Gasteiger partial charge in [0.2, 0.25) is 0 Å². The molecule has 6 nitrogen and oxygen atoms in total. The number of likely N-dealkylation sites (tertiary alicyclic amines) is 1. The van der Waals surface area contributed by atoms with Crippen molar-refractivity contribution in [2.75, 3.05) is 49.6 Å². The van der Waals surface area contributed by atoms with E-state index in [1.807, 2.05) is 18.3 Å². The normalized spacial score (nSPS) is 26.5. The molecule has 0 saturated carbocycles. The summed E-state index contributed by atoms with van der Waals surface area (Å²) in [7, 11) is 2.16. The molecule has 1 aromatic rings. The third-order valence-electron chi connectivity index (χ3n) is 5.37. The number of benzene rings is 1. The van der Waals surface area contributed by atoms with Gasteiger partial charge >= 0.3 is 0 Å². The van der Waals surface area contributed by atoms with Gasteiger partial charge in [-0.25, -0.2) is 0 Å². The Labute approximate surface area is 144 Å². The Hall–Kier alpha value is -1.79. The van der Waals surface area contributed by atoms with Gasteiger partial charge in [0.05, 0.1) is 17.4 Å². The minimum atomic E-state index is 0.171. The first-order valence-corrected chi connectivity index (χ1v) is 8.86. The Bertz CT molecular complexity index is 596. The predicted octanol–water partition coefficient (Wildman–Crippen LogP) is 1.15. The highest BCUT2D eigenvalue weighted by Crippen LogP contribution is 2.34. The maximum atomic E-state index is 6.28. The van der Waals surface area contributed by atoms with Gasteiger partial charge < -0.3 is 27.0 Å². The van der Waals surface area contributed by atoms with Crippen molar-refractivity contribution in [3.05, 3.63) is 17.7 Å². The van der Waals surface area contributed by atoms with E-state index in [4.69, 9.17) is 22.2 Å². The lowest BCUT2D eigenvalue weighted by molar-refractivity contribution is 0.257. The van der Waals surface area contributed by atoms with E-state index in [1.54, 1.807) is 0 Å². The van der Waals surface area contributed by atoms with Gasteiger partial charge in [-0.2, -0.15) is 0 Å². The van der Waals surface area contributed by atoms with Gasteiger partial charge in [0, 0.05) is 36.6 Å². The molecule has 0 aromatic heterocycles. The molecule has 0 bridgehead atoms. The molecule has 0 radical (unpaired) electrons. The van der Waals surface area contributed by atoms with E-state index < -0.39 is 0 Å². The number of nitrogens with zero attached hydrogens (tertiary/aromatic N) is 3. The third-order valence-corrected chi connectivity index (χ3v) is 5.37. The van der Waals surface area contributed by atoms with Crippen molar-refractivity contribution in [3.63, 3.8) is 0 Å². The number of rotatable bonds is 3. The van der Waals surface area contributed by atoms with Crippen molar-refractivity contribution in [2.45, 2.75) is 31.8 Å². The molecule has 2 saturated heterocycles. The quantitative estimate of drug-likeness (QED) is 0.570. The van der Waals surface area contributed by atoms with E-state index in [2.05, 4.69) is 23.8 Å². The Kier molecular flexibility index (Phi) is 4.96. The van der Waals surface area contributed by atoms with Gasteiger partial charge in [-0.1, -0.05) is 6.92 Å². The van der Waals surface area contributed by atoms with Crippen molar-refractivity contribution in [1.82, 2.24) is 4.90 Å². The van der Waals surface area contributed by atoms with Crippen LogP contribution in [-0.4, -0.2) is 56.4 Å². The molecule has 2 aliphatic heterocycles. The summed E-state index contributed by atoms with van der Waals surface area (Å²) in [6.45, 7) is 6.09. The molecule has 6 heteroatoms. The van der Waals surface area contributed by atoms with Crippen LogP contribution >= 0.6 is 0 Å². The molecular weight excluding hydrogens is 300 g/mol. The van der Waals surface area contributed by atoms with Crippen LogP contribution in [0.3, 0.4) is 0 Å². The van der Waals surface area contributed by atoms with E-state index >= 15 is 0 Å². The van der Waals surface area contributed by atoms with Crippen LogP contribution < -0.4 is 22.1 Å². The summed E-state index contributed by atoms with van der Waals surface area (Å²) in [5.41, 5.74) is 22.1. The molecule has 1 unspecified atom stereocenters. The van der Waals surface area contributed by atoms with Crippen molar-refractivity contribution >= 4 is 23.3 Å². The first-order chi connectivity index (χ1) is 11.5. The van der Waals surface area contributed by atoms with Gasteiger partial charge in [-0.3, -0.25) is 4.99 Å². The molecule has 24 heavy (non-hydrogen) atoms. The third kappa shape index (κ3) is 3.49. The molecule has 0 spiro atoms. The second-order valence-electron chi connectivity index (χ2n) is 7.37. The van der Waals surface area contributed by atoms with E-state index in [1.165, 1.54) is 0 Å². The van der Waals surface area contributed by atoms with Gasteiger partial charge in [-0.15, -0.1) is 0 Å². The summed E-state index contributed by atoms with van der Waals surface area (Å²) < 4.78 is 0. The maximum Gasteiger partial charge on any atom is 0.0710 e. The maximum absolute atomic E-state index is 6.28. The first-order valence-electron chi connectivity index (χ1n) is 8.86. The second kappa shape index (κ2) is 6.99. The SMILES string of the molecule is C[C@@H]1CN(c2c(N)ccc(N)c2C=NC2CCN(C)CC2)CC1N. The number of hydrogen-bond acceptors (Lipinski definition) is 6. The fourth-order valence-corrected chi connectivity index (χ4v) is 3.63. The molecule has 2 atom stereocenters. The zero-order chi connectivity index (χ0) is 17.3. The minimum Gasteiger partial charge on any atom is -0.398 e. The lowest BCUT2D eigenvalue weighted by atomic mass is 10.1. The molecule has 2 aliphatic rings. The largest absolute Gasteiger partial charge is 0.398 e. The highest BCUT2D eigenvalue weighted by atomic mass is 15.2. The van der Waals surface area contributed by atoms with Gasteiger partial charge in [0.1, 0.15) is 0 Å². The van der Waals surface area contributed by atoms with Crippen molar-refractivity contribution in [3.8, 4) is 0 Å². The number of hydrogen-bond donors (Lipinski definition) is 3. The molecule has 1 aromatic carbocycles. The molecular formula is C18H30N6. The molecule has 2 fully saturated rings. The summed E-state index contributed by atoms with van der Waals surface area (Å²) in [4.78, 5) is 9.42. The van der Waals surface area contributed by atoms with E-state index in [0.717, 1.165) is 61.6 Å². The van der Waals surface area contributed by atoms with E-state index in [0.29, 0.717) is 12.0 Å². The lowest BCUT2D eigenvalue weighted by Gasteiger charge is -2.27. The predicted molar refractivity (Wildman–Crippen MR) is 103 cm³/mol. The number of nitrogens with two attached hydrogens (primary N) is 3. The van der Waals surface area contributed by atoms with Gasteiger partial charge in [-0.05, 0) is 51.0 Å². The first kappa shape index (κ1) is 17.0. The zero-order valence-corrected chi connectivity index (χ0v) is 14.8. The summed E-state index contributed by atoms with van der Waals surface area (Å²) >= 11 is 0. The van der Waals surface area contributed by atoms with Crippen molar-refractivity contribution in [1.29, 1.82) is 0 Å². The van der Waals surface area contributed by atoms with Crippen LogP contribution in [0.4, 0.5) is 17.1 Å². The molecule has 2 heterocycles. The monoisotopic (exact) mass is 330 g/mol. The van der Waals surface area contributed by atoms with Crippen LogP contribution in [0.1, 0.15) is 25.3 Å². The number of aliphatic imine (C=N–C) groups is 1. The zero-order valence-electron chi connectivity index (χ0n) is 14.8. The minimum absolute atomic E-state index is 0.171. The summed E-state index contributed by atoms with van der Waals surface area (Å²) in [6.07, 6.45) is 4.12. The Morgan fingerprint density at radius 1 is 1.12 bits per heavy atom. The van der Waals surface area contributed by atoms with Crippen LogP contribution in [0.15, 0.2) is 17.1 Å². The van der Waals surface area contributed by atoms with E-state index in [9.17, 15) is 0 Å². The second-order valence-corrected chi connectivity index (χ2v) is 7.37. The Balaban J connectivity index is 1.85. The van der Waals surface area contributed by atoms with Crippen molar-refractivity contribution < 1.29 is 0 Å². The number of piperidine rings is 1. The highest BCUT2D eigenvalue weighted by molar-refractivity contribution is 5.98. The molecule has 3 rings (SSSR count). The topological polar surface area (TPSA) is 96.9 Å². The van der Waals surface area contributed by atoms with Crippen LogP contribution in [-0.2, 0) is 0 Å². The number of nitrogen functional groups attached to an aromatic ring is 2. The summed E-state index contributed by atoms with van der Waals surface area (Å²) in [6, 6.07) is 4.29.